The van der Waals surface area contributed by atoms with Crippen LogP contribution in [-0.2, 0) is 9.53 Å². The second-order valence-electron chi connectivity index (χ2n) is 9.24. The lowest BCUT2D eigenvalue weighted by Crippen LogP contribution is -2.66. The summed E-state index contributed by atoms with van der Waals surface area (Å²) in [5.74, 6) is 0.327. The molecule has 2 aromatic rings. The quantitative estimate of drug-likeness (QED) is 0.558. The Morgan fingerprint density at radius 2 is 1.52 bits per heavy atom. The van der Waals surface area contributed by atoms with E-state index >= 15 is 0 Å². The van der Waals surface area contributed by atoms with Crippen molar-refractivity contribution in [1.82, 2.24) is 0 Å². The number of methoxy groups -OCH3 is 1. The van der Waals surface area contributed by atoms with Crippen LogP contribution in [0.4, 0.5) is 0 Å². The number of ether oxygens (including phenoxy) is 1. The molecular formula is C24H32O2Si. The SMILES string of the molecule is COC(=O)[C@]1(C)CC[C@@H]1C[Si](c1ccccc1)(c1ccccc1)C(C)(C)C. The molecule has 1 fully saturated rings. The van der Waals surface area contributed by atoms with Crippen molar-refractivity contribution in [1.29, 1.82) is 0 Å². The van der Waals surface area contributed by atoms with Gasteiger partial charge in [-0.05, 0) is 36.8 Å². The summed E-state index contributed by atoms with van der Waals surface area (Å²) in [4.78, 5) is 12.5. The number of hydrogen-bond donors (Lipinski definition) is 0. The molecule has 144 valence electrons. The van der Waals surface area contributed by atoms with Crippen LogP contribution in [0.5, 0.6) is 0 Å². The van der Waals surface area contributed by atoms with E-state index in [9.17, 15) is 4.79 Å². The third kappa shape index (κ3) is 3.27. The van der Waals surface area contributed by atoms with Crippen molar-refractivity contribution in [3.05, 3.63) is 60.7 Å². The molecule has 3 heteroatoms. The molecule has 0 bridgehead atoms. The van der Waals surface area contributed by atoms with Gasteiger partial charge in [-0.25, -0.2) is 0 Å². The Bertz CT molecular complexity index is 740. The van der Waals surface area contributed by atoms with Crippen LogP contribution in [0.25, 0.3) is 0 Å². The standard InChI is InChI=1S/C24H32O2Si/c1-23(2,3)27(20-12-8-6-9-13-20,21-14-10-7-11-15-21)18-19-16-17-24(19,4)22(25)26-5/h6-15,19H,16-18H2,1-5H3/t19-,24-/m1/s1. The molecule has 3 rings (SSSR count). The van der Waals surface area contributed by atoms with Gasteiger partial charge in [-0.1, -0.05) is 91.8 Å². The van der Waals surface area contributed by atoms with Crippen LogP contribution in [0.1, 0.15) is 40.5 Å². The van der Waals surface area contributed by atoms with E-state index in [1.165, 1.54) is 17.5 Å². The van der Waals surface area contributed by atoms with Crippen LogP contribution in [-0.4, -0.2) is 21.2 Å². The highest BCUT2D eigenvalue weighted by atomic mass is 28.3. The van der Waals surface area contributed by atoms with Crippen LogP contribution in [0, 0.1) is 11.3 Å². The van der Waals surface area contributed by atoms with Gasteiger partial charge in [-0.2, -0.15) is 0 Å². The number of hydrogen-bond acceptors (Lipinski definition) is 2. The lowest BCUT2D eigenvalue weighted by Gasteiger charge is -2.52. The second-order valence-corrected chi connectivity index (χ2v) is 14.1. The third-order valence-corrected chi connectivity index (χ3v) is 13.2. The zero-order valence-corrected chi connectivity index (χ0v) is 18.3. The monoisotopic (exact) mass is 380 g/mol. The largest absolute Gasteiger partial charge is 0.469 e. The minimum atomic E-state index is -2.14. The second kappa shape index (κ2) is 7.27. The van der Waals surface area contributed by atoms with Gasteiger partial charge < -0.3 is 4.74 Å². The summed E-state index contributed by atoms with van der Waals surface area (Å²) in [5.41, 5.74) is -0.345. The molecule has 1 saturated carbocycles. The molecule has 0 N–H and O–H groups in total. The average molecular weight is 381 g/mol. The summed E-state index contributed by atoms with van der Waals surface area (Å²) >= 11 is 0. The molecule has 0 aromatic heterocycles. The van der Waals surface area contributed by atoms with E-state index in [2.05, 4.69) is 88.4 Å². The third-order valence-electron chi connectivity index (χ3n) is 6.93. The van der Waals surface area contributed by atoms with Crippen molar-refractivity contribution in [2.45, 2.75) is 51.6 Å². The average Bonchev–Trinajstić information content (AvgIpc) is 2.67. The first-order valence-corrected chi connectivity index (χ1v) is 12.2. The summed E-state index contributed by atoms with van der Waals surface area (Å²) < 4.78 is 5.18. The molecule has 1 aliphatic carbocycles. The molecule has 0 saturated heterocycles. The fraction of sp³-hybridized carbons (Fsp3) is 0.458. The van der Waals surface area contributed by atoms with Gasteiger partial charge in [0, 0.05) is 0 Å². The lowest BCUT2D eigenvalue weighted by molar-refractivity contribution is -0.162. The molecule has 0 unspecified atom stereocenters. The van der Waals surface area contributed by atoms with Crippen molar-refractivity contribution in [2.75, 3.05) is 7.11 Å². The Morgan fingerprint density at radius 3 is 1.85 bits per heavy atom. The summed E-state index contributed by atoms with van der Waals surface area (Å²) in [7, 11) is -0.618. The normalized spacial score (nSPS) is 22.8. The highest BCUT2D eigenvalue weighted by Gasteiger charge is 2.56. The Labute approximate surface area is 165 Å². The highest BCUT2D eigenvalue weighted by molar-refractivity contribution is 7.04. The van der Waals surface area contributed by atoms with E-state index < -0.39 is 8.07 Å². The number of benzene rings is 2. The molecule has 0 radical (unpaired) electrons. The van der Waals surface area contributed by atoms with Gasteiger partial charge >= 0.3 is 5.97 Å². The lowest BCUT2D eigenvalue weighted by atomic mass is 9.62. The molecule has 2 aromatic carbocycles. The molecule has 0 heterocycles. The van der Waals surface area contributed by atoms with E-state index in [1.807, 2.05) is 0 Å². The highest BCUT2D eigenvalue weighted by Crippen LogP contribution is 2.53. The van der Waals surface area contributed by atoms with Crippen LogP contribution in [0.3, 0.4) is 0 Å². The van der Waals surface area contributed by atoms with Crippen LogP contribution >= 0.6 is 0 Å². The molecule has 2 nitrogen and oxygen atoms in total. The number of carbonyl (C=O) groups excluding carboxylic acids is 1. The van der Waals surface area contributed by atoms with Crippen LogP contribution < -0.4 is 10.4 Å². The number of esters is 1. The first-order valence-electron chi connectivity index (χ1n) is 9.95. The molecular weight excluding hydrogens is 348 g/mol. The maximum absolute atomic E-state index is 12.5. The molecule has 27 heavy (non-hydrogen) atoms. The zero-order valence-electron chi connectivity index (χ0n) is 17.3. The molecule has 0 amide bonds. The first kappa shape index (κ1) is 19.9. The summed E-state index contributed by atoms with van der Waals surface area (Å²) in [5, 5.41) is 3.05. The molecule has 0 aliphatic heterocycles. The van der Waals surface area contributed by atoms with Crippen molar-refractivity contribution in [2.24, 2.45) is 11.3 Å². The topological polar surface area (TPSA) is 26.3 Å². The van der Waals surface area contributed by atoms with Gasteiger partial charge in [0.1, 0.15) is 8.07 Å². The van der Waals surface area contributed by atoms with Gasteiger partial charge in [0.15, 0.2) is 0 Å². The van der Waals surface area contributed by atoms with E-state index in [1.54, 1.807) is 0 Å². The van der Waals surface area contributed by atoms with Crippen LogP contribution in [0.2, 0.25) is 11.1 Å². The van der Waals surface area contributed by atoms with E-state index in [0.717, 1.165) is 18.9 Å². The minimum Gasteiger partial charge on any atom is -0.469 e. The molecule has 2 atom stereocenters. The first-order chi connectivity index (χ1) is 12.8. The molecule has 0 spiro atoms. The van der Waals surface area contributed by atoms with Gasteiger partial charge in [0.2, 0.25) is 0 Å². The van der Waals surface area contributed by atoms with Crippen molar-refractivity contribution in [3.63, 3.8) is 0 Å². The van der Waals surface area contributed by atoms with E-state index in [4.69, 9.17) is 4.74 Å². The predicted molar refractivity (Wildman–Crippen MR) is 115 cm³/mol. The fourth-order valence-electron chi connectivity index (χ4n) is 5.00. The number of rotatable bonds is 5. The summed E-state index contributed by atoms with van der Waals surface area (Å²) in [6.07, 6.45) is 2.04. The van der Waals surface area contributed by atoms with Crippen LogP contribution in [0.15, 0.2) is 60.7 Å². The maximum atomic E-state index is 12.5. The van der Waals surface area contributed by atoms with Crippen molar-refractivity contribution < 1.29 is 9.53 Å². The van der Waals surface area contributed by atoms with E-state index in [0.29, 0.717) is 5.92 Å². The van der Waals surface area contributed by atoms with Crippen molar-refractivity contribution in [3.8, 4) is 0 Å². The Morgan fingerprint density at radius 1 is 1.04 bits per heavy atom. The van der Waals surface area contributed by atoms with Gasteiger partial charge in [-0.15, -0.1) is 0 Å². The minimum absolute atomic E-state index is 0.0447. The zero-order chi connectivity index (χ0) is 19.7. The van der Waals surface area contributed by atoms with Crippen molar-refractivity contribution >= 4 is 24.4 Å². The predicted octanol–water partition coefficient (Wildman–Crippen LogP) is 4.64. The Hall–Kier alpha value is -1.87. The Balaban J connectivity index is 2.15. The maximum Gasteiger partial charge on any atom is 0.311 e. The fourth-order valence-corrected chi connectivity index (χ4v) is 11.1. The van der Waals surface area contributed by atoms with Gasteiger partial charge in [0.25, 0.3) is 0 Å². The number of carbonyl (C=O) groups is 1. The van der Waals surface area contributed by atoms with E-state index in [-0.39, 0.29) is 16.4 Å². The van der Waals surface area contributed by atoms with Gasteiger partial charge in [-0.3, -0.25) is 4.79 Å². The Kier molecular flexibility index (Phi) is 5.35. The summed E-state index contributed by atoms with van der Waals surface area (Å²) in [6, 6.07) is 23.1. The van der Waals surface area contributed by atoms with Gasteiger partial charge in [0.05, 0.1) is 12.5 Å². The molecule has 1 aliphatic rings. The smallest absolute Gasteiger partial charge is 0.311 e. The summed E-state index contributed by atoms with van der Waals surface area (Å²) in [6.45, 7) is 9.25.